The molecule has 0 amide bonds. The highest BCUT2D eigenvalue weighted by Crippen LogP contribution is 2.24. The van der Waals surface area contributed by atoms with Crippen LogP contribution in [0, 0.1) is 0 Å². The fourth-order valence-electron chi connectivity index (χ4n) is 2.19. The van der Waals surface area contributed by atoms with Gasteiger partial charge in [-0.2, -0.15) is 0 Å². The van der Waals surface area contributed by atoms with Crippen molar-refractivity contribution in [3.05, 3.63) is 54.1 Å². The maximum absolute atomic E-state index is 11.8. The van der Waals surface area contributed by atoms with Crippen LogP contribution in [0.5, 0.6) is 5.75 Å². The minimum absolute atomic E-state index is 0.0655. The summed E-state index contributed by atoms with van der Waals surface area (Å²) in [6.07, 6.45) is 1.50. The van der Waals surface area contributed by atoms with Gasteiger partial charge in [0.25, 0.3) is 11.8 Å². The molecular formula is C19H20N2O5. The van der Waals surface area contributed by atoms with E-state index in [4.69, 9.17) is 18.3 Å². The Bertz CT molecular complexity index is 845. The van der Waals surface area contributed by atoms with Crippen molar-refractivity contribution in [2.45, 2.75) is 32.8 Å². The molecule has 26 heavy (non-hydrogen) atoms. The molecule has 0 unspecified atom stereocenters. The van der Waals surface area contributed by atoms with Crippen molar-refractivity contribution < 1.29 is 23.1 Å². The summed E-state index contributed by atoms with van der Waals surface area (Å²) >= 11 is 0. The fraction of sp³-hybridized carbons (Fsp3) is 0.316. The number of hydrogen-bond donors (Lipinski definition) is 0. The largest absolute Gasteiger partial charge is 0.482 e. The number of ether oxygens (including phenoxy) is 2. The van der Waals surface area contributed by atoms with E-state index in [0.29, 0.717) is 11.5 Å². The van der Waals surface area contributed by atoms with Crippen molar-refractivity contribution >= 4 is 5.97 Å². The Balaban J connectivity index is 1.46. The average molecular weight is 356 g/mol. The highest BCUT2D eigenvalue weighted by molar-refractivity contribution is 5.71. The molecule has 0 saturated heterocycles. The summed E-state index contributed by atoms with van der Waals surface area (Å²) in [4.78, 5) is 11.8. The normalized spacial score (nSPS) is 11.3. The number of rotatable bonds is 6. The molecule has 0 aliphatic heterocycles. The van der Waals surface area contributed by atoms with Gasteiger partial charge in [-0.3, -0.25) is 0 Å². The molecule has 0 atom stereocenters. The lowest BCUT2D eigenvalue weighted by molar-refractivity contribution is -0.148. The molecule has 0 aliphatic carbocycles. The van der Waals surface area contributed by atoms with Crippen LogP contribution >= 0.6 is 0 Å². The second kappa shape index (κ2) is 7.43. The summed E-state index contributed by atoms with van der Waals surface area (Å²) in [6, 6.07) is 11.0. The van der Waals surface area contributed by atoms with Crippen LogP contribution in [-0.2, 0) is 21.6 Å². The predicted molar refractivity (Wildman–Crippen MR) is 92.4 cm³/mol. The van der Waals surface area contributed by atoms with E-state index in [1.165, 1.54) is 11.8 Å². The van der Waals surface area contributed by atoms with Crippen molar-refractivity contribution in [3.8, 4) is 17.4 Å². The molecule has 3 aromatic rings. The molecule has 0 N–H and O–H groups in total. The van der Waals surface area contributed by atoms with Crippen molar-refractivity contribution in [2.24, 2.45) is 0 Å². The van der Waals surface area contributed by atoms with Crippen molar-refractivity contribution in [1.29, 1.82) is 0 Å². The van der Waals surface area contributed by atoms with Gasteiger partial charge < -0.3 is 18.3 Å². The molecular weight excluding hydrogens is 336 g/mol. The number of nitrogens with zero attached hydrogens (tertiary/aromatic N) is 2. The van der Waals surface area contributed by atoms with Gasteiger partial charge in [-0.05, 0) is 35.2 Å². The average Bonchev–Trinajstić information content (AvgIpc) is 3.29. The molecule has 0 aliphatic rings. The fourth-order valence-corrected chi connectivity index (χ4v) is 2.19. The Morgan fingerprint density at radius 2 is 1.88 bits per heavy atom. The van der Waals surface area contributed by atoms with Crippen LogP contribution in [-0.4, -0.2) is 22.8 Å². The van der Waals surface area contributed by atoms with Gasteiger partial charge >= 0.3 is 5.97 Å². The summed E-state index contributed by atoms with van der Waals surface area (Å²) in [5, 5.41) is 7.63. The standard InChI is InChI=1S/C19H20N2O5/c1-19(2,3)13-6-8-14(9-7-13)24-12-17(22)25-11-16-20-21-18(26-16)15-5-4-10-23-15/h4-10H,11-12H2,1-3H3. The lowest BCUT2D eigenvalue weighted by Crippen LogP contribution is -2.15. The number of carbonyl (C=O) groups is 1. The summed E-state index contributed by atoms with van der Waals surface area (Å²) < 4.78 is 21.0. The first-order valence-electron chi connectivity index (χ1n) is 8.17. The lowest BCUT2D eigenvalue weighted by atomic mass is 9.87. The van der Waals surface area contributed by atoms with E-state index in [9.17, 15) is 4.79 Å². The third-order valence-electron chi connectivity index (χ3n) is 3.63. The minimum atomic E-state index is -0.525. The third-order valence-corrected chi connectivity index (χ3v) is 3.63. The molecule has 2 heterocycles. The monoisotopic (exact) mass is 356 g/mol. The molecule has 1 aromatic carbocycles. The van der Waals surface area contributed by atoms with Crippen LogP contribution < -0.4 is 4.74 Å². The van der Waals surface area contributed by atoms with Gasteiger partial charge in [-0.25, -0.2) is 4.79 Å². The second-order valence-corrected chi connectivity index (χ2v) is 6.70. The summed E-state index contributed by atoms with van der Waals surface area (Å²) in [5.41, 5.74) is 1.26. The molecule has 7 heteroatoms. The Labute approximate surface area is 150 Å². The van der Waals surface area contributed by atoms with Crippen LogP contribution in [0.4, 0.5) is 0 Å². The Morgan fingerprint density at radius 3 is 2.54 bits per heavy atom. The second-order valence-electron chi connectivity index (χ2n) is 6.70. The van der Waals surface area contributed by atoms with E-state index >= 15 is 0 Å². The Kier molecular flexibility index (Phi) is 5.06. The Morgan fingerprint density at radius 1 is 1.12 bits per heavy atom. The van der Waals surface area contributed by atoms with E-state index in [1.807, 2.05) is 24.3 Å². The van der Waals surface area contributed by atoms with Gasteiger partial charge in [0.15, 0.2) is 19.0 Å². The van der Waals surface area contributed by atoms with Crippen LogP contribution in [0.15, 0.2) is 51.5 Å². The lowest BCUT2D eigenvalue weighted by Gasteiger charge is -2.19. The highest BCUT2D eigenvalue weighted by atomic mass is 16.6. The van der Waals surface area contributed by atoms with E-state index in [2.05, 4.69) is 31.0 Å². The number of hydrogen-bond acceptors (Lipinski definition) is 7. The molecule has 7 nitrogen and oxygen atoms in total. The molecule has 2 aromatic heterocycles. The van der Waals surface area contributed by atoms with E-state index < -0.39 is 5.97 Å². The molecule has 0 saturated carbocycles. The number of furan rings is 1. The van der Waals surface area contributed by atoms with Gasteiger partial charge in [-0.15, -0.1) is 10.2 Å². The summed E-state index contributed by atoms with van der Waals surface area (Å²) in [5.74, 6) is 0.947. The first kappa shape index (κ1) is 17.7. The van der Waals surface area contributed by atoms with Crippen LogP contribution in [0.2, 0.25) is 0 Å². The first-order valence-corrected chi connectivity index (χ1v) is 8.17. The van der Waals surface area contributed by atoms with E-state index in [-0.39, 0.29) is 30.4 Å². The quantitative estimate of drug-likeness (QED) is 0.622. The number of aromatic nitrogens is 2. The zero-order chi connectivity index (χ0) is 18.6. The number of carbonyl (C=O) groups excluding carboxylic acids is 1. The SMILES string of the molecule is CC(C)(C)c1ccc(OCC(=O)OCc2nnc(-c3ccco3)o2)cc1. The van der Waals surface area contributed by atoms with Crippen LogP contribution in [0.25, 0.3) is 11.7 Å². The van der Waals surface area contributed by atoms with Crippen molar-refractivity contribution in [1.82, 2.24) is 10.2 Å². The van der Waals surface area contributed by atoms with E-state index in [1.54, 1.807) is 12.1 Å². The van der Waals surface area contributed by atoms with Gasteiger partial charge in [0.1, 0.15) is 5.75 Å². The van der Waals surface area contributed by atoms with Gasteiger partial charge in [-0.1, -0.05) is 32.9 Å². The smallest absolute Gasteiger partial charge is 0.344 e. The van der Waals surface area contributed by atoms with Crippen molar-refractivity contribution in [2.75, 3.05) is 6.61 Å². The van der Waals surface area contributed by atoms with Crippen molar-refractivity contribution in [3.63, 3.8) is 0 Å². The van der Waals surface area contributed by atoms with E-state index in [0.717, 1.165) is 0 Å². The zero-order valence-corrected chi connectivity index (χ0v) is 14.9. The molecule has 3 rings (SSSR count). The highest BCUT2D eigenvalue weighted by Gasteiger charge is 2.14. The van der Waals surface area contributed by atoms with Gasteiger partial charge in [0.05, 0.1) is 6.26 Å². The Hall–Kier alpha value is -3.09. The summed E-state index contributed by atoms with van der Waals surface area (Å²) in [6.45, 7) is 6.08. The van der Waals surface area contributed by atoms with Crippen LogP contribution in [0.1, 0.15) is 32.2 Å². The predicted octanol–water partition coefficient (Wildman–Crippen LogP) is 3.75. The number of esters is 1. The molecule has 0 fully saturated rings. The summed E-state index contributed by atoms with van der Waals surface area (Å²) in [7, 11) is 0. The molecule has 136 valence electrons. The molecule has 0 spiro atoms. The number of benzene rings is 1. The molecule has 0 bridgehead atoms. The van der Waals surface area contributed by atoms with Gasteiger partial charge in [0, 0.05) is 0 Å². The van der Waals surface area contributed by atoms with Gasteiger partial charge in [0.2, 0.25) is 0 Å². The van der Waals surface area contributed by atoms with Crippen LogP contribution in [0.3, 0.4) is 0 Å². The maximum Gasteiger partial charge on any atom is 0.344 e. The third kappa shape index (κ3) is 4.50. The topological polar surface area (TPSA) is 87.6 Å². The molecule has 0 radical (unpaired) electrons. The zero-order valence-electron chi connectivity index (χ0n) is 14.9. The minimum Gasteiger partial charge on any atom is -0.482 e. The maximum atomic E-state index is 11.8. The first-order chi connectivity index (χ1) is 12.4.